The molecule has 2 atom stereocenters. The topological polar surface area (TPSA) is 122 Å². The van der Waals surface area contributed by atoms with Crippen molar-refractivity contribution >= 4 is 11.9 Å². The maximum Gasteiger partial charge on any atom is 0.319 e. The fourth-order valence-electron chi connectivity index (χ4n) is 1.21. The van der Waals surface area contributed by atoms with Gasteiger partial charge in [-0.15, -0.1) is 0 Å². The lowest BCUT2D eigenvalue weighted by Gasteiger charge is -2.17. The Morgan fingerprint density at radius 2 is 2.12 bits per heavy atom. The molecule has 0 aliphatic carbocycles. The molecule has 0 aromatic carbocycles. The van der Waals surface area contributed by atoms with Crippen molar-refractivity contribution in [3.8, 4) is 0 Å². The van der Waals surface area contributed by atoms with Crippen molar-refractivity contribution in [1.82, 2.24) is 10.4 Å². The standard InChI is InChI=1S/C9H19FN4O3/c1-14(5-9(16)17)13-8(15)3-6(10)2-7(12)4-11/h6-7H,2-5,11-12H2,1H3,(H,13,15)(H,16,17)/t6-,7-/m1/s1. The van der Waals surface area contributed by atoms with Crippen LogP contribution in [0.4, 0.5) is 4.39 Å². The van der Waals surface area contributed by atoms with Crippen LogP contribution in [0.3, 0.4) is 0 Å². The number of likely N-dealkylation sites (N-methyl/N-ethyl adjacent to an activating group) is 1. The van der Waals surface area contributed by atoms with Gasteiger partial charge in [-0.05, 0) is 6.42 Å². The summed E-state index contributed by atoms with van der Waals surface area (Å²) in [7, 11) is 1.38. The first kappa shape index (κ1) is 15.8. The molecule has 8 heteroatoms. The SMILES string of the molecule is CN(CC(=O)O)NC(=O)C[C@H](F)C[C@@H](N)CN. The maximum absolute atomic E-state index is 13.3. The van der Waals surface area contributed by atoms with Crippen molar-refractivity contribution in [2.24, 2.45) is 11.5 Å². The molecule has 0 heterocycles. The van der Waals surface area contributed by atoms with Gasteiger partial charge in [-0.2, -0.15) is 0 Å². The summed E-state index contributed by atoms with van der Waals surface area (Å²) in [5, 5.41) is 9.50. The number of carboxylic acid groups (broad SMARTS) is 1. The second-order valence-electron chi connectivity index (χ2n) is 3.82. The highest BCUT2D eigenvalue weighted by Gasteiger charge is 2.17. The molecule has 0 rings (SSSR count). The van der Waals surface area contributed by atoms with Gasteiger partial charge in [-0.1, -0.05) is 0 Å². The maximum atomic E-state index is 13.3. The van der Waals surface area contributed by atoms with E-state index in [1.165, 1.54) is 7.05 Å². The minimum Gasteiger partial charge on any atom is -0.480 e. The molecule has 1 amide bonds. The molecule has 0 aromatic rings. The molecule has 0 saturated heterocycles. The number of hydrogen-bond donors (Lipinski definition) is 4. The second kappa shape index (κ2) is 7.93. The Balaban J connectivity index is 3.88. The predicted molar refractivity (Wildman–Crippen MR) is 59.6 cm³/mol. The highest BCUT2D eigenvalue weighted by Crippen LogP contribution is 2.05. The Morgan fingerprint density at radius 3 is 2.59 bits per heavy atom. The number of hydrazine groups is 1. The van der Waals surface area contributed by atoms with E-state index < -0.39 is 24.1 Å². The van der Waals surface area contributed by atoms with Crippen molar-refractivity contribution in [2.75, 3.05) is 20.1 Å². The van der Waals surface area contributed by atoms with Gasteiger partial charge < -0.3 is 16.6 Å². The molecule has 0 unspecified atom stereocenters. The minimum absolute atomic E-state index is 0.00651. The van der Waals surface area contributed by atoms with Gasteiger partial charge in [0.15, 0.2) is 0 Å². The summed E-state index contributed by atoms with van der Waals surface area (Å²) in [5.74, 6) is -1.68. The summed E-state index contributed by atoms with van der Waals surface area (Å²) in [6.07, 6.45) is -1.74. The minimum atomic E-state index is -1.38. The van der Waals surface area contributed by atoms with E-state index in [-0.39, 0.29) is 25.9 Å². The molecular formula is C9H19FN4O3. The molecule has 7 nitrogen and oxygen atoms in total. The summed E-state index contributed by atoms with van der Waals surface area (Å²) in [4.78, 5) is 21.6. The van der Waals surface area contributed by atoms with Crippen LogP contribution in [0, 0.1) is 0 Å². The highest BCUT2D eigenvalue weighted by atomic mass is 19.1. The third-order valence-corrected chi connectivity index (χ3v) is 1.96. The van der Waals surface area contributed by atoms with Crippen molar-refractivity contribution in [3.63, 3.8) is 0 Å². The molecule has 0 saturated carbocycles. The van der Waals surface area contributed by atoms with Crippen molar-refractivity contribution in [3.05, 3.63) is 0 Å². The van der Waals surface area contributed by atoms with E-state index in [1.54, 1.807) is 0 Å². The Kier molecular flexibility index (Phi) is 7.35. The van der Waals surface area contributed by atoms with Crippen LogP contribution in [0.2, 0.25) is 0 Å². The van der Waals surface area contributed by atoms with Gasteiger partial charge >= 0.3 is 5.97 Å². The summed E-state index contributed by atoms with van der Waals surface area (Å²) in [6.45, 7) is -0.202. The Morgan fingerprint density at radius 1 is 1.53 bits per heavy atom. The largest absolute Gasteiger partial charge is 0.480 e. The molecular weight excluding hydrogens is 231 g/mol. The van der Waals surface area contributed by atoms with Crippen molar-refractivity contribution in [1.29, 1.82) is 0 Å². The van der Waals surface area contributed by atoms with E-state index in [0.717, 1.165) is 5.01 Å². The van der Waals surface area contributed by atoms with Crippen LogP contribution in [0.1, 0.15) is 12.8 Å². The van der Waals surface area contributed by atoms with Crippen LogP contribution in [0.5, 0.6) is 0 Å². The molecule has 0 spiro atoms. The number of alkyl halides is 1. The summed E-state index contributed by atoms with van der Waals surface area (Å²) in [6, 6.07) is -0.477. The van der Waals surface area contributed by atoms with Gasteiger partial charge in [0, 0.05) is 19.6 Å². The average molecular weight is 250 g/mol. The first-order valence-corrected chi connectivity index (χ1v) is 5.17. The smallest absolute Gasteiger partial charge is 0.319 e. The quantitative estimate of drug-likeness (QED) is 0.386. The van der Waals surface area contributed by atoms with Crippen molar-refractivity contribution in [2.45, 2.75) is 25.1 Å². The molecule has 6 N–H and O–H groups in total. The molecule has 0 fully saturated rings. The molecule has 100 valence electrons. The fraction of sp³-hybridized carbons (Fsp3) is 0.778. The van der Waals surface area contributed by atoms with Crippen LogP contribution in [-0.4, -0.2) is 54.3 Å². The number of halogens is 1. The number of carboxylic acids is 1. The number of hydrogen-bond acceptors (Lipinski definition) is 5. The van der Waals surface area contributed by atoms with Crippen LogP contribution < -0.4 is 16.9 Å². The zero-order valence-corrected chi connectivity index (χ0v) is 9.73. The summed E-state index contributed by atoms with van der Waals surface area (Å²) >= 11 is 0. The molecule has 0 aliphatic rings. The zero-order chi connectivity index (χ0) is 13.4. The van der Waals surface area contributed by atoms with E-state index in [2.05, 4.69) is 5.43 Å². The number of aliphatic carboxylic acids is 1. The first-order chi connectivity index (χ1) is 7.85. The first-order valence-electron chi connectivity index (χ1n) is 5.17. The molecule has 0 aromatic heterocycles. The van der Waals surface area contributed by atoms with Gasteiger partial charge in [-0.25, -0.2) is 9.40 Å². The Bertz CT molecular complexity index is 265. The lowest BCUT2D eigenvalue weighted by molar-refractivity contribution is -0.139. The van der Waals surface area contributed by atoms with Gasteiger partial charge in [0.25, 0.3) is 0 Å². The molecule has 0 aliphatic heterocycles. The number of rotatable bonds is 8. The number of nitrogens with two attached hydrogens (primary N) is 2. The number of nitrogens with one attached hydrogen (secondary N) is 1. The molecule has 0 bridgehead atoms. The predicted octanol–water partition coefficient (Wildman–Crippen LogP) is -1.56. The van der Waals surface area contributed by atoms with Gasteiger partial charge in [0.2, 0.25) is 5.91 Å². The van der Waals surface area contributed by atoms with E-state index in [1.807, 2.05) is 0 Å². The fourth-order valence-corrected chi connectivity index (χ4v) is 1.21. The zero-order valence-electron chi connectivity index (χ0n) is 9.73. The van der Waals surface area contributed by atoms with Crippen LogP contribution in [-0.2, 0) is 9.59 Å². The second-order valence-corrected chi connectivity index (χ2v) is 3.82. The highest BCUT2D eigenvalue weighted by molar-refractivity contribution is 5.76. The number of carbonyl (C=O) groups is 2. The van der Waals surface area contributed by atoms with Crippen LogP contribution >= 0.6 is 0 Å². The van der Waals surface area contributed by atoms with Gasteiger partial charge in [0.05, 0.1) is 6.42 Å². The van der Waals surface area contributed by atoms with E-state index in [4.69, 9.17) is 16.6 Å². The van der Waals surface area contributed by atoms with Crippen LogP contribution in [0.15, 0.2) is 0 Å². The monoisotopic (exact) mass is 250 g/mol. The van der Waals surface area contributed by atoms with E-state index in [9.17, 15) is 14.0 Å². The Hall–Kier alpha value is -1.25. The lowest BCUT2D eigenvalue weighted by atomic mass is 10.1. The Labute approximate surface area is 98.9 Å². The molecule has 0 radical (unpaired) electrons. The molecule has 17 heavy (non-hydrogen) atoms. The van der Waals surface area contributed by atoms with Crippen molar-refractivity contribution < 1.29 is 19.1 Å². The normalized spacial score (nSPS) is 14.4. The summed E-state index contributed by atoms with van der Waals surface area (Å²) < 4.78 is 13.3. The van der Waals surface area contributed by atoms with Gasteiger partial charge in [-0.3, -0.25) is 15.0 Å². The van der Waals surface area contributed by atoms with Gasteiger partial charge in [0.1, 0.15) is 12.7 Å². The van der Waals surface area contributed by atoms with E-state index >= 15 is 0 Å². The number of carbonyl (C=O) groups excluding carboxylic acids is 1. The third kappa shape index (κ3) is 8.55. The number of amides is 1. The third-order valence-electron chi connectivity index (χ3n) is 1.96. The average Bonchev–Trinajstić information content (AvgIpc) is 2.14. The van der Waals surface area contributed by atoms with Crippen LogP contribution in [0.25, 0.3) is 0 Å². The number of nitrogens with zero attached hydrogens (tertiary/aromatic N) is 1. The van der Waals surface area contributed by atoms with E-state index in [0.29, 0.717) is 0 Å². The summed E-state index contributed by atoms with van der Waals surface area (Å²) in [5.41, 5.74) is 12.9. The lowest BCUT2D eigenvalue weighted by Crippen LogP contribution is -2.43.